The number of rotatable bonds is 6. The van der Waals surface area contributed by atoms with Crippen LogP contribution in [0.5, 0.6) is 5.75 Å². The zero-order valence-corrected chi connectivity index (χ0v) is 15.5. The minimum atomic E-state index is -0.0286. The van der Waals surface area contributed by atoms with E-state index >= 15 is 0 Å². The van der Waals surface area contributed by atoms with Crippen LogP contribution in [0.25, 0.3) is 17.0 Å². The van der Waals surface area contributed by atoms with Gasteiger partial charge in [-0.3, -0.25) is 9.20 Å². The van der Waals surface area contributed by atoms with E-state index in [4.69, 9.17) is 4.74 Å². The van der Waals surface area contributed by atoms with Crippen molar-refractivity contribution in [3.8, 4) is 17.1 Å². The Morgan fingerprint density at radius 2 is 1.89 bits per heavy atom. The zero-order valence-electron chi connectivity index (χ0n) is 15.5. The van der Waals surface area contributed by atoms with Crippen molar-refractivity contribution >= 4 is 17.2 Å². The highest BCUT2D eigenvalue weighted by Crippen LogP contribution is 2.22. The number of ether oxygens (including phenoxy) is 1. The number of carbonyl (C=O) groups is 1. The van der Waals surface area contributed by atoms with E-state index in [2.05, 4.69) is 15.5 Å². The van der Waals surface area contributed by atoms with Gasteiger partial charge in [-0.15, -0.1) is 10.2 Å². The molecule has 2 aromatic carbocycles. The van der Waals surface area contributed by atoms with Crippen molar-refractivity contribution in [3.05, 3.63) is 78.5 Å². The van der Waals surface area contributed by atoms with Crippen LogP contribution >= 0.6 is 0 Å². The van der Waals surface area contributed by atoms with Gasteiger partial charge < -0.3 is 10.1 Å². The molecule has 4 aromatic rings. The van der Waals surface area contributed by atoms with Gasteiger partial charge in [-0.25, -0.2) is 0 Å². The Morgan fingerprint density at radius 1 is 1.04 bits per heavy atom. The van der Waals surface area contributed by atoms with Gasteiger partial charge in [-0.05, 0) is 48.4 Å². The van der Waals surface area contributed by atoms with Crippen LogP contribution in [0.4, 0.5) is 5.69 Å². The molecule has 1 amide bonds. The lowest BCUT2D eigenvalue weighted by molar-refractivity contribution is -0.116. The first-order chi connectivity index (χ1) is 13.7. The second-order valence-electron chi connectivity index (χ2n) is 6.43. The fourth-order valence-electron chi connectivity index (χ4n) is 3.05. The molecule has 2 aromatic heterocycles. The van der Waals surface area contributed by atoms with E-state index < -0.39 is 0 Å². The number of nitrogens with zero attached hydrogens (tertiary/aromatic N) is 3. The van der Waals surface area contributed by atoms with Gasteiger partial charge in [0, 0.05) is 23.9 Å². The van der Waals surface area contributed by atoms with Gasteiger partial charge in [0.25, 0.3) is 0 Å². The number of hydrogen-bond acceptors (Lipinski definition) is 4. The number of amides is 1. The maximum absolute atomic E-state index is 12.4. The summed E-state index contributed by atoms with van der Waals surface area (Å²) in [4.78, 5) is 12.4. The third kappa shape index (κ3) is 3.86. The predicted molar refractivity (Wildman–Crippen MR) is 108 cm³/mol. The van der Waals surface area contributed by atoms with Gasteiger partial charge in [0.05, 0.1) is 7.11 Å². The second-order valence-corrected chi connectivity index (χ2v) is 6.43. The summed E-state index contributed by atoms with van der Waals surface area (Å²) in [6.07, 6.45) is 3.00. The highest BCUT2D eigenvalue weighted by molar-refractivity contribution is 5.91. The number of nitrogens with one attached hydrogen (secondary N) is 1. The van der Waals surface area contributed by atoms with Gasteiger partial charge in [0.1, 0.15) is 5.75 Å². The lowest BCUT2D eigenvalue weighted by Gasteiger charge is -2.08. The first-order valence-corrected chi connectivity index (χ1v) is 9.06. The fourth-order valence-corrected chi connectivity index (χ4v) is 3.05. The monoisotopic (exact) mass is 372 g/mol. The third-order valence-electron chi connectivity index (χ3n) is 4.52. The number of hydrogen-bond donors (Lipinski definition) is 1. The third-order valence-corrected chi connectivity index (χ3v) is 4.52. The van der Waals surface area contributed by atoms with E-state index in [0.29, 0.717) is 12.8 Å². The lowest BCUT2D eigenvalue weighted by atomic mass is 10.1. The van der Waals surface area contributed by atoms with Gasteiger partial charge in [-0.1, -0.05) is 30.3 Å². The Labute approximate surface area is 162 Å². The zero-order chi connectivity index (χ0) is 19.3. The Bertz CT molecular complexity index is 1100. The molecule has 28 heavy (non-hydrogen) atoms. The number of methoxy groups -OCH3 is 1. The van der Waals surface area contributed by atoms with Crippen molar-refractivity contribution in [2.75, 3.05) is 12.4 Å². The SMILES string of the molecule is COc1ccc(CCC(=O)Nc2cccc(-c3nnc4ccccn34)c2)cc1. The Kier molecular flexibility index (Phi) is 5.01. The number of fused-ring (bicyclic) bond motifs is 1. The van der Waals surface area contributed by atoms with Crippen molar-refractivity contribution in [2.24, 2.45) is 0 Å². The van der Waals surface area contributed by atoms with Crippen molar-refractivity contribution in [3.63, 3.8) is 0 Å². The molecule has 0 aliphatic heterocycles. The summed E-state index contributed by atoms with van der Waals surface area (Å²) < 4.78 is 7.07. The highest BCUT2D eigenvalue weighted by atomic mass is 16.5. The van der Waals surface area contributed by atoms with E-state index in [9.17, 15) is 4.79 Å². The highest BCUT2D eigenvalue weighted by Gasteiger charge is 2.09. The maximum atomic E-state index is 12.4. The smallest absolute Gasteiger partial charge is 0.224 e. The van der Waals surface area contributed by atoms with E-state index in [1.165, 1.54) is 0 Å². The average molecular weight is 372 g/mol. The molecule has 0 fully saturated rings. The molecule has 2 heterocycles. The molecular weight excluding hydrogens is 352 g/mol. The summed E-state index contributed by atoms with van der Waals surface area (Å²) in [6, 6.07) is 21.2. The number of aryl methyl sites for hydroxylation is 1. The van der Waals surface area contributed by atoms with Crippen LogP contribution in [0.1, 0.15) is 12.0 Å². The fraction of sp³-hybridized carbons (Fsp3) is 0.136. The molecule has 0 spiro atoms. The number of anilines is 1. The van der Waals surface area contributed by atoms with Crippen LogP contribution < -0.4 is 10.1 Å². The van der Waals surface area contributed by atoms with Crippen LogP contribution in [-0.4, -0.2) is 27.6 Å². The van der Waals surface area contributed by atoms with Gasteiger partial charge in [0.15, 0.2) is 11.5 Å². The van der Waals surface area contributed by atoms with Crippen LogP contribution in [-0.2, 0) is 11.2 Å². The van der Waals surface area contributed by atoms with Crippen molar-refractivity contribution in [1.82, 2.24) is 14.6 Å². The first kappa shape index (κ1) is 17.7. The quantitative estimate of drug-likeness (QED) is 0.556. The molecule has 0 radical (unpaired) electrons. The van der Waals surface area contributed by atoms with Crippen LogP contribution in [0.15, 0.2) is 72.9 Å². The first-order valence-electron chi connectivity index (χ1n) is 9.06. The van der Waals surface area contributed by atoms with Crippen molar-refractivity contribution in [2.45, 2.75) is 12.8 Å². The van der Waals surface area contributed by atoms with Gasteiger partial charge in [-0.2, -0.15) is 0 Å². The second kappa shape index (κ2) is 7.92. The topological polar surface area (TPSA) is 68.5 Å². The summed E-state index contributed by atoms with van der Waals surface area (Å²) in [5.74, 6) is 1.52. The molecule has 0 aliphatic carbocycles. The normalized spacial score (nSPS) is 10.8. The lowest BCUT2D eigenvalue weighted by Crippen LogP contribution is -2.12. The molecule has 0 unspecified atom stereocenters. The molecule has 0 saturated heterocycles. The molecular formula is C22H20N4O2. The summed E-state index contributed by atoms with van der Waals surface area (Å²) in [5.41, 5.74) is 3.52. The molecule has 4 rings (SSSR count). The Balaban J connectivity index is 1.43. The Morgan fingerprint density at radius 3 is 2.71 bits per heavy atom. The van der Waals surface area contributed by atoms with Crippen LogP contribution in [0, 0.1) is 0 Å². The summed E-state index contributed by atoms with van der Waals surface area (Å²) in [6.45, 7) is 0. The predicted octanol–water partition coefficient (Wildman–Crippen LogP) is 3.98. The van der Waals surface area contributed by atoms with E-state index in [0.717, 1.165) is 34.0 Å². The minimum absolute atomic E-state index is 0.0286. The average Bonchev–Trinajstić information content (AvgIpc) is 3.17. The van der Waals surface area contributed by atoms with Crippen LogP contribution in [0.3, 0.4) is 0 Å². The van der Waals surface area contributed by atoms with Gasteiger partial charge >= 0.3 is 0 Å². The number of carbonyl (C=O) groups excluding carboxylic acids is 1. The molecule has 0 bridgehead atoms. The molecule has 140 valence electrons. The summed E-state index contributed by atoms with van der Waals surface area (Å²) in [5, 5.41) is 11.4. The summed E-state index contributed by atoms with van der Waals surface area (Å²) in [7, 11) is 1.64. The van der Waals surface area contributed by atoms with E-state index in [1.54, 1.807) is 7.11 Å². The van der Waals surface area contributed by atoms with Gasteiger partial charge in [0.2, 0.25) is 5.91 Å². The van der Waals surface area contributed by atoms with Crippen LogP contribution in [0.2, 0.25) is 0 Å². The molecule has 0 saturated carbocycles. The molecule has 0 atom stereocenters. The van der Waals surface area contributed by atoms with Crippen molar-refractivity contribution in [1.29, 1.82) is 0 Å². The van der Waals surface area contributed by atoms with Crippen molar-refractivity contribution < 1.29 is 9.53 Å². The number of pyridine rings is 1. The maximum Gasteiger partial charge on any atom is 0.224 e. The largest absolute Gasteiger partial charge is 0.497 e. The number of benzene rings is 2. The van der Waals surface area contributed by atoms with E-state index in [-0.39, 0.29) is 5.91 Å². The molecule has 6 nitrogen and oxygen atoms in total. The minimum Gasteiger partial charge on any atom is -0.497 e. The Hall–Kier alpha value is -3.67. The standard InChI is InChI=1S/C22H20N4O2/c1-28-19-11-8-16(9-12-19)10-13-21(27)23-18-6-4-5-17(15-18)22-25-24-20-7-2-3-14-26(20)22/h2-9,11-12,14-15H,10,13H2,1H3,(H,23,27). The number of aromatic nitrogens is 3. The molecule has 0 aliphatic rings. The molecule has 1 N–H and O–H groups in total. The van der Waals surface area contributed by atoms with E-state index in [1.807, 2.05) is 77.3 Å². The molecule has 6 heteroatoms. The summed E-state index contributed by atoms with van der Waals surface area (Å²) >= 11 is 0.